The Balaban J connectivity index is 0.000000847. The first-order chi connectivity index (χ1) is 10.5. The minimum Gasteiger partial charge on any atom is -0.326 e. The molecule has 0 atom stereocenters. The van der Waals surface area contributed by atoms with E-state index in [0.29, 0.717) is 6.42 Å². The molecule has 0 aliphatic carbocycles. The molecule has 1 aliphatic rings. The zero-order valence-electron chi connectivity index (χ0n) is 13.6. The number of pyridine rings is 1. The van der Waals surface area contributed by atoms with E-state index in [1.54, 1.807) is 11.6 Å². The molecule has 1 aromatic carbocycles. The van der Waals surface area contributed by atoms with Crippen LogP contribution in [-0.4, -0.2) is 10.5 Å². The predicted molar refractivity (Wildman–Crippen MR) is 90.2 cm³/mol. The van der Waals surface area contributed by atoms with Gasteiger partial charge in [-0.05, 0) is 48.2 Å². The van der Waals surface area contributed by atoms with Crippen molar-refractivity contribution >= 4 is 11.6 Å². The van der Waals surface area contributed by atoms with Crippen molar-refractivity contribution in [2.24, 2.45) is 7.05 Å². The van der Waals surface area contributed by atoms with Crippen LogP contribution in [0.1, 0.15) is 31.4 Å². The number of nitrogens with one attached hydrogen (secondary N) is 1. The van der Waals surface area contributed by atoms with Gasteiger partial charge in [-0.2, -0.15) is 0 Å². The van der Waals surface area contributed by atoms with Crippen LogP contribution in [0.3, 0.4) is 0 Å². The molecule has 4 nitrogen and oxygen atoms in total. The molecule has 22 heavy (non-hydrogen) atoms. The number of hydrogen-bond acceptors (Lipinski definition) is 2. The fourth-order valence-electron chi connectivity index (χ4n) is 2.60. The Morgan fingerprint density at radius 2 is 1.77 bits per heavy atom. The lowest BCUT2D eigenvalue weighted by molar-refractivity contribution is -0.116. The Morgan fingerprint density at radius 1 is 1.05 bits per heavy atom. The molecule has 2 heterocycles. The van der Waals surface area contributed by atoms with Gasteiger partial charge in [-0.15, -0.1) is 0 Å². The number of rotatable bonds is 1. The second-order valence-corrected chi connectivity index (χ2v) is 5.25. The molecule has 0 bridgehead atoms. The van der Waals surface area contributed by atoms with Crippen LogP contribution in [0, 0.1) is 6.92 Å². The first-order valence-corrected chi connectivity index (χ1v) is 7.65. The number of carbonyl (C=O) groups is 1. The lowest BCUT2D eigenvalue weighted by Crippen LogP contribution is -2.19. The third-order valence-corrected chi connectivity index (χ3v) is 3.70. The number of aryl methyl sites for hydroxylation is 3. The average Bonchev–Trinajstić information content (AvgIpc) is 2.53. The zero-order chi connectivity index (χ0) is 16.3. The Bertz CT molecular complexity index is 734. The van der Waals surface area contributed by atoms with Crippen molar-refractivity contribution in [1.82, 2.24) is 4.57 Å². The number of anilines is 1. The molecular formula is C18H22N2O2. The average molecular weight is 298 g/mol. The minimum atomic E-state index is 0.0268. The smallest absolute Gasteiger partial charge is 0.253 e. The highest BCUT2D eigenvalue weighted by Crippen LogP contribution is 2.28. The quantitative estimate of drug-likeness (QED) is 0.878. The van der Waals surface area contributed by atoms with E-state index in [2.05, 4.69) is 11.4 Å². The predicted octanol–water partition coefficient (Wildman–Crippen LogP) is 3.27. The van der Waals surface area contributed by atoms with Gasteiger partial charge in [-0.25, -0.2) is 0 Å². The number of amides is 1. The first kappa shape index (κ1) is 16.0. The number of nitrogens with zero attached hydrogens (tertiary/aromatic N) is 1. The lowest BCUT2D eigenvalue weighted by atomic mass is 9.97. The number of benzene rings is 1. The van der Waals surface area contributed by atoms with Gasteiger partial charge in [-0.3, -0.25) is 9.59 Å². The summed E-state index contributed by atoms with van der Waals surface area (Å²) in [5.41, 5.74) is 4.89. The van der Waals surface area contributed by atoms with Crippen molar-refractivity contribution in [1.29, 1.82) is 0 Å². The molecule has 1 aliphatic heterocycles. The van der Waals surface area contributed by atoms with Crippen LogP contribution in [0.2, 0.25) is 0 Å². The monoisotopic (exact) mass is 298 g/mol. The number of fused-ring (bicyclic) bond motifs is 1. The van der Waals surface area contributed by atoms with Crippen molar-refractivity contribution in [3.8, 4) is 11.1 Å². The van der Waals surface area contributed by atoms with Gasteiger partial charge in [0.05, 0.1) is 0 Å². The van der Waals surface area contributed by atoms with E-state index in [-0.39, 0.29) is 11.5 Å². The molecule has 0 fully saturated rings. The maximum Gasteiger partial charge on any atom is 0.253 e. The highest BCUT2D eigenvalue weighted by molar-refractivity contribution is 5.94. The van der Waals surface area contributed by atoms with Gasteiger partial charge >= 0.3 is 0 Å². The number of carbonyl (C=O) groups excluding carboxylic acids is 1. The van der Waals surface area contributed by atoms with Crippen molar-refractivity contribution < 1.29 is 4.79 Å². The Morgan fingerprint density at radius 3 is 2.45 bits per heavy atom. The van der Waals surface area contributed by atoms with Crippen LogP contribution in [-0.2, 0) is 18.3 Å². The van der Waals surface area contributed by atoms with Gasteiger partial charge in [0.15, 0.2) is 0 Å². The molecule has 0 unspecified atom stereocenters. The van der Waals surface area contributed by atoms with Gasteiger partial charge in [0.1, 0.15) is 0 Å². The summed E-state index contributed by atoms with van der Waals surface area (Å²) in [5.74, 6) is 0.0724. The molecule has 0 saturated heterocycles. The van der Waals surface area contributed by atoms with E-state index in [9.17, 15) is 9.59 Å². The summed E-state index contributed by atoms with van der Waals surface area (Å²) in [6.45, 7) is 5.82. The highest BCUT2D eigenvalue weighted by Gasteiger charge is 2.15. The van der Waals surface area contributed by atoms with Crippen molar-refractivity contribution in [2.75, 3.05) is 5.32 Å². The van der Waals surface area contributed by atoms with Crippen LogP contribution in [0.15, 0.2) is 35.3 Å². The summed E-state index contributed by atoms with van der Waals surface area (Å²) >= 11 is 0. The molecule has 0 radical (unpaired) electrons. The molecule has 0 saturated carbocycles. The van der Waals surface area contributed by atoms with E-state index in [1.165, 1.54) is 0 Å². The second kappa shape index (κ2) is 6.60. The first-order valence-electron chi connectivity index (χ1n) is 7.65. The van der Waals surface area contributed by atoms with Crippen LogP contribution in [0.25, 0.3) is 11.1 Å². The molecular weight excluding hydrogens is 276 g/mol. The van der Waals surface area contributed by atoms with Gasteiger partial charge in [0.25, 0.3) is 5.56 Å². The van der Waals surface area contributed by atoms with Crippen molar-refractivity contribution in [3.05, 3.63) is 51.9 Å². The van der Waals surface area contributed by atoms with Crippen LogP contribution < -0.4 is 10.9 Å². The van der Waals surface area contributed by atoms with E-state index < -0.39 is 0 Å². The molecule has 1 N–H and O–H groups in total. The van der Waals surface area contributed by atoms with Crippen molar-refractivity contribution in [2.45, 2.75) is 33.6 Å². The van der Waals surface area contributed by atoms with E-state index in [1.807, 2.05) is 45.2 Å². The summed E-state index contributed by atoms with van der Waals surface area (Å²) in [7, 11) is 1.76. The topological polar surface area (TPSA) is 51.1 Å². The van der Waals surface area contributed by atoms with Gasteiger partial charge in [0.2, 0.25) is 5.91 Å². The lowest BCUT2D eigenvalue weighted by Gasteiger charge is -2.18. The van der Waals surface area contributed by atoms with Crippen LogP contribution in [0.4, 0.5) is 5.69 Å². The van der Waals surface area contributed by atoms with Gasteiger partial charge < -0.3 is 9.88 Å². The fourth-order valence-corrected chi connectivity index (χ4v) is 2.60. The molecule has 1 amide bonds. The van der Waals surface area contributed by atoms with E-state index >= 15 is 0 Å². The van der Waals surface area contributed by atoms with E-state index in [4.69, 9.17) is 0 Å². The number of aromatic nitrogens is 1. The molecule has 1 aromatic heterocycles. The minimum absolute atomic E-state index is 0.0268. The third-order valence-electron chi connectivity index (χ3n) is 3.70. The fraction of sp³-hybridized carbons (Fsp3) is 0.333. The maximum atomic E-state index is 11.7. The molecule has 2 aromatic rings. The largest absolute Gasteiger partial charge is 0.326 e. The standard InChI is InChI=1S/C16H16N2O2.C2H6/c1-10-7-13(9-18(2)16(10)20)11-3-5-14-12(8-11)4-6-15(19)17-14;1-2/h3,5,7-9H,4,6H2,1-2H3,(H,17,19);1-2H3. The summed E-state index contributed by atoms with van der Waals surface area (Å²) in [6, 6.07) is 7.91. The third kappa shape index (κ3) is 3.11. The number of hydrogen-bond donors (Lipinski definition) is 1. The van der Waals surface area contributed by atoms with Crippen LogP contribution in [0.5, 0.6) is 0 Å². The summed E-state index contributed by atoms with van der Waals surface area (Å²) in [5, 5.41) is 2.88. The van der Waals surface area contributed by atoms with Gasteiger partial charge in [-0.1, -0.05) is 19.9 Å². The Kier molecular flexibility index (Phi) is 4.81. The molecule has 116 valence electrons. The van der Waals surface area contributed by atoms with E-state index in [0.717, 1.165) is 34.4 Å². The summed E-state index contributed by atoms with van der Waals surface area (Å²) < 4.78 is 1.60. The Hall–Kier alpha value is -2.36. The van der Waals surface area contributed by atoms with Gasteiger partial charge in [0, 0.05) is 30.9 Å². The second-order valence-electron chi connectivity index (χ2n) is 5.25. The Labute approximate surface area is 130 Å². The van der Waals surface area contributed by atoms with Crippen molar-refractivity contribution in [3.63, 3.8) is 0 Å². The SMILES string of the molecule is CC.Cc1cc(-c2ccc3c(c2)CCC(=O)N3)cn(C)c1=O. The van der Waals surface area contributed by atoms with Crippen LogP contribution >= 0.6 is 0 Å². The summed E-state index contributed by atoms with van der Waals surface area (Å²) in [6.07, 6.45) is 3.14. The molecule has 0 spiro atoms. The zero-order valence-corrected chi connectivity index (χ0v) is 13.6. The highest BCUT2D eigenvalue weighted by atomic mass is 16.1. The molecule has 3 rings (SSSR count). The maximum absolute atomic E-state index is 11.7. The normalized spacial score (nSPS) is 12.8. The molecule has 4 heteroatoms. The summed E-state index contributed by atoms with van der Waals surface area (Å²) in [4.78, 5) is 23.1.